The number of carbonyl (C=O) groups is 1. The van der Waals surface area contributed by atoms with Gasteiger partial charge < -0.3 is 15.0 Å². The van der Waals surface area contributed by atoms with Gasteiger partial charge in [0.15, 0.2) is 5.60 Å². The van der Waals surface area contributed by atoms with Gasteiger partial charge in [-0.25, -0.2) is 4.98 Å². The van der Waals surface area contributed by atoms with E-state index in [0.29, 0.717) is 19.0 Å². The number of likely N-dealkylation sites (N-methyl/N-ethyl adjacent to an activating group) is 1. The summed E-state index contributed by atoms with van der Waals surface area (Å²) in [6.07, 6.45) is -3.62. The van der Waals surface area contributed by atoms with Crippen LogP contribution < -0.4 is 10.2 Å². The molecule has 1 fully saturated rings. The quantitative estimate of drug-likeness (QED) is 0.898. The number of halogens is 3. The Labute approximate surface area is 120 Å². The summed E-state index contributed by atoms with van der Waals surface area (Å²) in [6, 6.07) is 2.29. The summed E-state index contributed by atoms with van der Waals surface area (Å²) >= 11 is 0. The summed E-state index contributed by atoms with van der Waals surface area (Å²) in [4.78, 5) is 17.4. The number of rotatable bonds is 2. The summed E-state index contributed by atoms with van der Waals surface area (Å²) in [5.41, 5.74) is -1.84. The van der Waals surface area contributed by atoms with Crippen LogP contribution in [0, 0.1) is 0 Å². The van der Waals surface area contributed by atoms with Gasteiger partial charge in [-0.05, 0) is 19.1 Å². The minimum absolute atomic E-state index is 0.227. The summed E-state index contributed by atoms with van der Waals surface area (Å²) in [5, 5.41) is 2.52. The van der Waals surface area contributed by atoms with E-state index in [1.165, 1.54) is 13.1 Å². The van der Waals surface area contributed by atoms with Crippen molar-refractivity contribution in [3.63, 3.8) is 0 Å². The van der Waals surface area contributed by atoms with Crippen LogP contribution in [0.15, 0.2) is 18.3 Å². The molecule has 2 rings (SSSR count). The van der Waals surface area contributed by atoms with Crippen LogP contribution in [0.5, 0.6) is 0 Å². The second kappa shape index (κ2) is 5.51. The van der Waals surface area contributed by atoms with Crippen LogP contribution in [-0.4, -0.2) is 43.2 Å². The largest absolute Gasteiger partial charge is 0.417 e. The van der Waals surface area contributed by atoms with Crippen molar-refractivity contribution in [2.75, 3.05) is 31.6 Å². The van der Waals surface area contributed by atoms with Crippen molar-refractivity contribution in [2.45, 2.75) is 18.7 Å². The third kappa shape index (κ3) is 3.26. The fourth-order valence-corrected chi connectivity index (χ4v) is 2.21. The van der Waals surface area contributed by atoms with Crippen molar-refractivity contribution < 1.29 is 22.7 Å². The minimum Gasteiger partial charge on any atom is -0.362 e. The molecule has 1 N–H and O–H groups in total. The molecule has 1 aliphatic rings. The maximum Gasteiger partial charge on any atom is 0.417 e. The minimum atomic E-state index is -4.41. The first-order chi connectivity index (χ1) is 9.76. The fourth-order valence-electron chi connectivity index (χ4n) is 2.21. The van der Waals surface area contributed by atoms with E-state index in [0.717, 1.165) is 12.3 Å². The molecule has 21 heavy (non-hydrogen) atoms. The van der Waals surface area contributed by atoms with Crippen LogP contribution in [-0.2, 0) is 15.7 Å². The zero-order chi connectivity index (χ0) is 15.7. The van der Waals surface area contributed by atoms with E-state index in [2.05, 4.69) is 10.3 Å². The molecular weight excluding hydrogens is 287 g/mol. The van der Waals surface area contributed by atoms with Crippen LogP contribution in [0.3, 0.4) is 0 Å². The molecule has 2 heterocycles. The van der Waals surface area contributed by atoms with Gasteiger partial charge in [0.2, 0.25) is 0 Å². The van der Waals surface area contributed by atoms with Gasteiger partial charge in [0, 0.05) is 19.8 Å². The third-order valence-electron chi connectivity index (χ3n) is 3.38. The van der Waals surface area contributed by atoms with Gasteiger partial charge in [-0.15, -0.1) is 0 Å². The number of aromatic nitrogens is 1. The van der Waals surface area contributed by atoms with Gasteiger partial charge in [0.1, 0.15) is 5.82 Å². The molecule has 5 nitrogen and oxygen atoms in total. The van der Waals surface area contributed by atoms with Crippen molar-refractivity contribution >= 4 is 11.7 Å². The molecule has 0 aromatic carbocycles. The highest BCUT2D eigenvalue weighted by Gasteiger charge is 2.39. The first kappa shape index (κ1) is 15.6. The molecule has 1 aliphatic heterocycles. The molecule has 1 aromatic heterocycles. The molecule has 0 spiro atoms. The Morgan fingerprint density at radius 3 is 2.71 bits per heavy atom. The first-order valence-corrected chi connectivity index (χ1v) is 6.40. The Kier molecular flexibility index (Phi) is 4.08. The standard InChI is InChI=1S/C13H16F3N3O2/c1-12(11(20)17-2)8-19(5-6-21-12)10-4-3-9(7-18-10)13(14,15)16/h3-4,7H,5-6,8H2,1-2H3,(H,17,20)/t12-/m1/s1. The molecular formula is C13H16F3N3O2. The molecule has 0 saturated carbocycles. The molecule has 0 radical (unpaired) electrons. The number of nitrogens with one attached hydrogen (secondary N) is 1. The van der Waals surface area contributed by atoms with Gasteiger partial charge in [-0.1, -0.05) is 0 Å². The fraction of sp³-hybridized carbons (Fsp3) is 0.538. The van der Waals surface area contributed by atoms with Gasteiger partial charge >= 0.3 is 6.18 Å². The van der Waals surface area contributed by atoms with Crippen LogP contribution in [0.2, 0.25) is 0 Å². The zero-order valence-corrected chi connectivity index (χ0v) is 11.7. The zero-order valence-electron chi connectivity index (χ0n) is 11.7. The summed E-state index contributed by atoms with van der Waals surface area (Å²) in [6.45, 7) is 2.63. The number of hydrogen-bond acceptors (Lipinski definition) is 4. The van der Waals surface area contributed by atoms with E-state index in [1.807, 2.05) is 0 Å². The molecule has 0 aliphatic carbocycles. The number of pyridine rings is 1. The van der Waals surface area contributed by atoms with Gasteiger partial charge in [-0.3, -0.25) is 4.79 Å². The van der Waals surface area contributed by atoms with Gasteiger partial charge in [0.25, 0.3) is 5.91 Å². The Morgan fingerprint density at radius 2 is 2.19 bits per heavy atom. The second-order valence-electron chi connectivity index (χ2n) is 4.98. The lowest BCUT2D eigenvalue weighted by Gasteiger charge is -2.39. The average Bonchev–Trinajstić information content (AvgIpc) is 2.45. The van der Waals surface area contributed by atoms with Crippen molar-refractivity contribution in [1.82, 2.24) is 10.3 Å². The van der Waals surface area contributed by atoms with Crippen molar-refractivity contribution in [1.29, 1.82) is 0 Å². The number of ether oxygens (including phenoxy) is 1. The number of amides is 1. The van der Waals surface area contributed by atoms with E-state index >= 15 is 0 Å². The highest BCUT2D eigenvalue weighted by atomic mass is 19.4. The summed E-state index contributed by atoms with van der Waals surface area (Å²) < 4.78 is 43.0. The van der Waals surface area contributed by atoms with Crippen LogP contribution in [0.4, 0.5) is 19.0 Å². The molecule has 1 amide bonds. The highest BCUT2D eigenvalue weighted by molar-refractivity contribution is 5.85. The Hall–Kier alpha value is -1.83. The molecule has 1 atom stereocenters. The van der Waals surface area contributed by atoms with Crippen molar-refractivity contribution in [3.8, 4) is 0 Å². The van der Waals surface area contributed by atoms with E-state index in [1.54, 1.807) is 11.8 Å². The predicted molar refractivity (Wildman–Crippen MR) is 69.9 cm³/mol. The molecule has 0 unspecified atom stereocenters. The third-order valence-corrected chi connectivity index (χ3v) is 3.38. The van der Waals surface area contributed by atoms with Gasteiger partial charge in [0.05, 0.1) is 18.7 Å². The molecule has 1 saturated heterocycles. The topological polar surface area (TPSA) is 54.5 Å². The number of anilines is 1. The highest BCUT2D eigenvalue weighted by Crippen LogP contribution is 2.30. The second-order valence-corrected chi connectivity index (χ2v) is 4.98. The lowest BCUT2D eigenvalue weighted by atomic mass is 10.0. The number of nitrogens with zero attached hydrogens (tertiary/aromatic N) is 2. The van der Waals surface area contributed by atoms with E-state index < -0.39 is 17.3 Å². The lowest BCUT2D eigenvalue weighted by molar-refractivity contribution is -0.145. The normalized spacial score (nSPS) is 23.0. The monoisotopic (exact) mass is 303 g/mol. The van der Waals surface area contributed by atoms with Crippen LogP contribution in [0.1, 0.15) is 12.5 Å². The van der Waals surface area contributed by atoms with Crippen LogP contribution in [0.25, 0.3) is 0 Å². The molecule has 0 bridgehead atoms. The Balaban J connectivity index is 2.17. The maximum absolute atomic E-state index is 12.5. The first-order valence-electron chi connectivity index (χ1n) is 6.40. The van der Waals surface area contributed by atoms with Crippen molar-refractivity contribution in [2.24, 2.45) is 0 Å². The summed E-state index contributed by atoms with van der Waals surface area (Å²) in [5.74, 6) is 0.112. The number of hydrogen-bond donors (Lipinski definition) is 1. The van der Waals surface area contributed by atoms with Crippen molar-refractivity contribution in [3.05, 3.63) is 23.9 Å². The van der Waals surface area contributed by atoms with E-state index in [4.69, 9.17) is 4.74 Å². The van der Waals surface area contributed by atoms with E-state index in [-0.39, 0.29) is 12.5 Å². The van der Waals surface area contributed by atoms with Gasteiger partial charge in [-0.2, -0.15) is 13.2 Å². The van der Waals surface area contributed by atoms with Crippen LogP contribution >= 0.6 is 0 Å². The number of carbonyl (C=O) groups excluding carboxylic acids is 1. The molecule has 1 aromatic rings. The predicted octanol–water partition coefficient (Wildman–Crippen LogP) is 1.44. The molecule has 116 valence electrons. The smallest absolute Gasteiger partial charge is 0.362 e. The Bertz CT molecular complexity index is 518. The lowest BCUT2D eigenvalue weighted by Crippen LogP contribution is -2.58. The molecule has 8 heteroatoms. The number of alkyl halides is 3. The Morgan fingerprint density at radius 1 is 1.48 bits per heavy atom. The average molecular weight is 303 g/mol. The summed E-state index contributed by atoms with van der Waals surface area (Å²) in [7, 11) is 1.51. The number of morpholine rings is 1. The van der Waals surface area contributed by atoms with E-state index in [9.17, 15) is 18.0 Å². The SMILES string of the molecule is CNC(=O)[C@@]1(C)CN(c2ccc(C(F)(F)F)cn2)CCO1. The maximum atomic E-state index is 12.5.